The van der Waals surface area contributed by atoms with Gasteiger partial charge in [-0.25, -0.2) is 4.79 Å². The van der Waals surface area contributed by atoms with Gasteiger partial charge >= 0.3 is 6.03 Å². The summed E-state index contributed by atoms with van der Waals surface area (Å²) in [7, 11) is 0. The molecule has 0 saturated heterocycles. The van der Waals surface area contributed by atoms with Crippen molar-refractivity contribution < 1.29 is 14.4 Å². The van der Waals surface area contributed by atoms with Gasteiger partial charge in [0.25, 0.3) is 0 Å². The number of hydrogen-bond acceptors (Lipinski definition) is 4. The molecule has 0 bridgehead atoms. The number of carbonyl (C=O) groups excluding carboxylic acids is 1. The quantitative estimate of drug-likeness (QED) is 0.779. The van der Waals surface area contributed by atoms with Gasteiger partial charge in [-0.2, -0.15) is 0 Å². The van der Waals surface area contributed by atoms with Crippen LogP contribution < -0.4 is 10.6 Å². The Morgan fingerprint density at radius 3 is 2.89 bits per heavy atom. The fourth-order valence-corrected chi connectivity index (χ4v) is 2.57. The van der Waals surface area contributed by atoms with Crippen LogP contribution in [0, 0.1) is 5.92 Å². The zero-order chi connectivity index (χ0) is 13.7. The molecule has 1 fully saturated rings. The minimum Gasteiger partial charge on any atom is -0.388 e. The Labute approximate surface area is 112 Å². The Kier molecular flexibility index (Phi) is 4.42. The lowest BCUT2D eigenvalue weighted by Crippen LogP contribution is -2.47. The minimum atomic E-state index is -0.860. The highest BCUT2D eigenvalue weighted by atomic mass is 16.5. The summed E-state index contributed by atoms with van der Waals surface area (Å²) in [6.07, 6.45) is 7.00. The first-order chi connectivity index (χ1) is 9.08. The van der Waals surface area contributed by atoms with E-state index < -0.39 is 5.60 Å². The molecule has 1 aromatic rings. The maximum atomic E-state index is 11.6. The molecule has 1 aliphatic carbocycles. The summed E-state index contributed by atoms with van der Waals surface area (Å²) in [5.41, 5.74) is -0.860. The van der Waals surface area contributed by atoms with Gasteiger partial charge in [-0.05, 0) is 25.7 Å². The van der Waals surface area contributed by atoms with Crippen LogP contribution in [0.4, 0.5) is 10.6 Å². The highest BCUT2D eigenvalue weighted by molar-refractivity contribution is 5.88. The lowest BCUT2D eigenvalue weighted by molar-refractivity contribution is -0.0127. The molecule has 0 spiro atoms. The van der Waals surface area contributed by atoms with Crippen LogP contribution in [-0.4, -0.2) is 28.4 Å². The zero-order valence-electron chi connectivity index (χ0n) is 11.2. The monoisotopic (exact) mass is 267 g/mol. The van der Waals surface area contributed by atoms with E-state index in [9.17, 15) is 9.90 Å². The number of aromatic nitrogens is 1. The number of amides is 2. The Hall–Kier alpha value is -1.56. The maximum Gasteiger partial charge on any atom is 0.320 e. The standard InChI is InChI=1S/C13H21N3O3/c1-13(18,10-5-3-2-4-6-10)9-14-12(17)15-11-7-8-19-16-11/h7-8,10,18H,2-6,9H2,1H3,(H2,14,15,16,17). The molecule has 1 saturated carbocycles. The topological polar surface area (TPSA) is 87.4 Å². The molecule has 19 heavy (non-hydrogen) atoms. The lowest BCUT2D eigenvalue weighted by Gasteiger charge is -2.35. The summed E-state index contributed by atoms with van der Waals surface area (Å²) >= 11 is 0. The molecular weight excluding hydrogens is 246 g/mol. The summed E-state index contributed by atoms with van der Waals surface area (Å²) in [5, 5.41) is 19.2. The van der Waals surface area contributed by atoms with Crippen molar-refractivity contribution in [3.05, 3.63) is 12.3 Å². The second kappa shape index (κ2) is 6.06. The van der Waals surface area contributed by atoms with Crippen LogP contribution in [0.5, 0.6) is 0 Å². The van der Waals surface area contributed by atoms with Crippen LogP contribution in [0.25, 0.3) is 0 Å². The number of hydrogen-bond donors (Lipinski definition) is 3. The van der Waals surface area contributed by atoms with E-state index in [2.05, 4.69) is 20.3 Å². The third-order valence-corrected chi connectivity index (χ3v) is 3.77. The van der Waals surface area contributed by atoms with Crippen molar-refractivity contribution in [1.29, 1.82) is 0 Å². The molecule has 6 nitrogen and oxygen atoms in total. The van der Waals surface area contributed by atoms with Gasteiger partial charge in [-0.3, -0.25) is 5.32 Å². The molecule has 3 N–H and O–H groups in total. The smallest absolute Gasteiger partial charge is 0.320 e. The van der Waals surface area contributed by atoms with Crippen molar-refractivity contribution in [2.75, 3.05) is 11.9 Å². The molecule has 1 heterocycles. The van der Waals surface area contributed by atoms with Gasteiger partial charge < -0.3 is 14.9 Å². The predicted molar refractivity (Wildman–Crippen MR) is 70.7 cm³/mol. The van der Waals surface area contributed by atoms with E-state index in [1.807, 2.05) is 0 Å². The maximum absolute atomic E-state index is 11.6. The van der Waals surface area contributed by atoms with Crippen LogP contribution >= 0.6 is 0 Å². The van der Waals surface area contributed by atoms with E-state index in [0.717, 1.165) is 25.7 Å². The molecule has 2 amide bonds. The Bertz CT molecular complexity index is 397. The minimum absolute atomic E-state index is 0.237. The van der Waals surface area contributed by atoms with Gasteiger partial charge in [-0.15, -0.1) is 0 Å². The largest absolute Gasteiger partial charge is 0.388 e. The number of carbonyl (C=O) groups is 1. The van der Waals surface area contributed by atoms with E-state index in [4.69, 9.17) is 0 Å². The van der Waals surface area contributed by atoms with Crippen molar-refractivity contribution in [2.24, 2.45) is 5.92 Å². The number of nitrogens with zero attached hydrogens (tertiary/aromatic N) is 1. The van der Waals surface area contributed by atoms with Gasteiger partial charge in [0.1, 0.15) is 6.26 Å². The van der Waals surface area contributed by atoms with E-state index >= 15 is 0 Å². The van der Waals surface area contributed by atoms with Crippen molar-refractivity contribution in [3.63, 3.8) is 0 Å². The van der Waals surface area contributed by atoms with E-state index in [1.165, 1.54) is 12.7 Å². The number of aliphatic hydroxyl groups is 1. The van der Waals surface area contributed by atoms with Crippen LogP contribution in [0.2, 0.25) is 0 Å². The summed E-state index contributed by atoms with van der Waals surface area (Å²) in [6, 6.07) is 1.17. The Morgan fingerprint density at radius 2 is 2.26 bits per heavy atom. The Morgan fingerprint density at radius 1 is 1.53 bits per heavy atom. The third kappa shape index (κ3) is 3.96. The molecule has 106 valence electrons. The van der Waals surface area contributed by atoms with Gasteiger partial charge in [0.05, 0.1) is 5.60 Å². The average molecular weight is 267 g/mol. The van der Waals surface area contributed by atoms with Gasteiger partial charge in [-0.1, -0.05) is 24.4 Å². The van der Waals surface area contributed by atoms with Crippen LogP contribution in [0.15, 0.2) is 16.9 Å². The number of anilines is 1. The highest BCUT2D eigenvalue weighted by Gasteiger charge is 2.32. The summed E-state index contributed by atoms with van der Waals surface area (Å²) in [4.78, 5) is 11.6. The van der Waals surface area contributed by atoms with Crippen LogP contribution in [-0.2, 0) is 0 Å². The summed E-state index contributed by atoms with van der Waals surface area (Å²) in [5.74, 6) is 0.614. The first-order valence-electron chi connectivity index (χ1n) is 6.75. The second-order valence-electron chi connectivity index (χ2n) is 5.38. The van der Waals surface area contributed by atoms with Gasteiger partial charge in [0.15, 0.2) is 5.82 Å². The number of urea groups is 1. The number of rotatable bonds is 4. The average Bonchev–Trinajstić information content (AvgIpc) is 2.90. The number of nitrogens with one attached hydrogen (secondary N) is 2. The molecule has 0 aliphatic heterocycles. The lowest BCUT2D eigenvalue weighted by atomic mass is 9.78. The first-order valence-corrected chi connectivity index (χ1v) is 6.75. The van der Waals surface area contributed by atoms with Gasteiger partial charge in [0, 0.05) is 12.6 Å². The molecule has 6 heteroatoms. The molecule has 0 aromatic carbocycles. The molecule has 1 unspecified atom stereocenters. The molecule has 2 rings (SSSR count). The fourth-order valence-electron chi connectivity index (χ4n) is 2.57. The molecule has 0 radical (unpaired) electrons. The Balaban J connectivity index is 1.78. The summed E-state index contributed by atoms with van der Waals surface area (Å²) in [6.45, 7) is 2.03. The predicted octanol–water partition coefficient (Wildman–Crippen LogP) is 2.13. The molecule has 1 aliphatic rings. The van der Waals surface area contributed by atoms with Crippen LogP contribution in [0.3, 0.4) is 0 Å². The zero-order valence-corrected chi connectivity index (χ0v) is 11.2. The van der Waals surface area contributed by atoms with Gasteiger partial charge in [0.2, 0.25) is 0 Å². The van der Waals surface area contributed by atoms with Crippen molar-refractivity contribution in [2.45, 2.75) is 44.6 Å². The highest BCUT2D eigenvalue weighted by Crippen LogP contribution is 2.32. The summed E-state index contributed by atoms with van der Waals surface area (Å²) < 4.78 is 4.61. The van der Waals surface area contributed by atoms with E-state index in [-0.39, 0.29) is 18.5 Å². The SMILES string of the molecule is CC(O)(CNC(=O)Nc1ccon1)C1CCCCC1. The third-order valence-electron chi connectivity index (χ3n) is 3.77. The van der Waals surface area contributed by atoms with Crippen molar-refractivity contribution in [1.82, 2.24) is 10.5 Å². The van der Waals surface area contributed by atoms with E-state index in [0.29, 0.717) is 5.82 Å². The second-order valence-corrected chi connectivity index (χ2v) is 5.38. The normalized spacial score (nSPS) is 19.7. The molecule has 1 aromatic heterocycles. The molecule has 1 atom stereocenters. The van der Waals surface area contributed by atoms with Crippen LogP contribution in [0.1, 0.15) is 39.0 Å². The van der Waals surface area contributed by atoms with Crippen molar-refractivity contribution in [3.8, 4) is 0 Å². The van der Waals surface area contributed by atoms with E-state index in [1.54, 1.807) is 13.0 Å². The first kappa shape index (κ1) is 13.9. The van der Waals surface area contributed by atoms with Crippen molar-refractivity contribution >= 4 is 11.8 Å². The fraction of sp³-hybridized carbons (Fsp3) is 0.692. The molecular formula is C13H21N3O3.